The average Bonchev–Trinajstić information content (AvgIpc) is 2.68. The highest BCUT2D eigenvalue weighted by Crippen LogP contribution is 2.27. The van der Waals surface area contributed by atoms with Crippen LogP contribution in [0.2, 0.25) is 0 Å². The van der Waals surface area contributed by atoms with Crippen molar-refractivity contribution in [3.05, 3.63) is 35.3 Å². The first-order valence-corrected chi connectivity index (χ1v) is 5.03. The number of nitrogens with two attached hydrogens (primary N) is 1. The van der Waals surface area contributed by atoms with Crippen LogP contribution >= 0.6 is 11.3 Å². The summed E-state index contributed by atoms with van der Waals surface area (Å²) in [6.07, 6.45) is 1.63. The molecule has 0 unspecified atom stereocenters. The van der Waals surface area contributed by atoms with Crippen molar-refractivity contribution in [2.24, 2.45) is 0 Å². The molecule has 2 aromatic heterocycles. The normalized spacial score (nSPS) is 9.50. The zero-order chi connectivity index (χ0) is 10.8. The first-order valence-electron chi connectivity index (χ1n) is 4.22. The zero-order valence-corrected chi connectivity index (χ0v) is 8.99. The lowest BCUT2D eigenvalue weighted by Crippen LogP contribution is -1.89. The van der Waals surface area contributed by atoms with Gasteiger partial charge in [-0.05, 0) is 24.3 Å². The van der Waals surface area contributed by atoms with Crippen molar-refractivity contribution in [2.75, 3.05) is 5.73 Å². The maximum absolute atomic E-state index is 10.7. The molecule has 0 atom stereocenters. The third-order valence-electron chi connectivity index (χ3n) is 1.89. The molecular formula is C10H10N2O3S. The molecule has 5 nitrogen and oxygen atoms in total. The summed E-state index contributed by atoms with van der Waals surface area (Å²) in [7, 11) is 0. The minimum absolute atomic E-state index is 0. The van der Waals surface area contributed by atoms with Crippen molar-refractivity contribution in [2.45, 2.75) is 0 Å². The Balaban J connectivity index is 0.00000128. The Morgan fingerprint density at radius 1 is 1.31 bits per heavy atom. The molecule has 2 aromatic rings. The maximum Gasteiger partial charge on any atom is 0.345 e. The van der Waals surface area contributed by atoms with Gasteiger partial charge in [-0.25, -0.2) is 9.78 Å². The Morgan fingerprint density at radius 2 is 2.06 bits per heavy atom. The monoisotopic (exact) mass is 238 g/mol. The van der Waals surface area contributed by atoms with E-state index in [0.29, 0.717) is 10.7 Å². The van der Waals surface area contributed by atoms with Gasteiger partial charge in [0.05, 0.1) is 0 Å². The largest absolute Gasteiger partial charge is 0.477 e. The summed E-state index contributed by atoms with van der Waals surface area (Å²) in [5.41, 5.74) is 6.33. The number of hydrogen-bond acceptors (Lipinski definition) is 4. The molecule has 0 spiro atoms. The van der Waals surface area contributed by atoms with E-state index in [-0.39, 0.29) is 5.48 Å². The lowest BCUT2D eigenvalue weighted by atomic mass is 10.2. The minimum atomic E-state index is -0.908. The van der Waals surface area contributed by atoms with E-state index in [0.717, 1.165) is 10.4 Å². The molecule has 0 saturated carbocycles. The van der Waals surface area contributed by atoms with Gasteiger partial charge in [0.2, 0.25) is 0 Å². The fraction of sp³-hybridized carbons (Fsp3) is 0. The van der Waals surface area contributed by atoms with Gasteiger partial charge in [-0.15, -0.1) is 11.3 Å². The highest BCUT2D eigenvalue weighted by molar-refractivity contribution is 7.17. The van der Waals surface area contributed by atoms with Crippen LogP contribution in [-0.2, 0) is 0 Å². The van der Waals surface area contributed by atoms with Crippen LogP contribution in [0.1, 0.15) is 9.67 Å². The molecular weight excluding hydrogens is 228 g/mol. The fourth-order valence-corrected chi connectivity index (χ4v) is 1.99. The second kappa shape index (κ2) is 4.73. The van der Waals surface area contributed by atoms with Crippen molar-refractivity contribution >= 4 is 23.1 Å². The number of carbonyl (C=O) groups is 1. The molecule has 84 valence electrons. The van der Waals surface area contributed by atoms with E-state index in [1.54, 1.807) is 24.4 Å². The van der Waals surface area contributed by atoms with E-state index in [9.17, 15) is 4.79 Å². The van der Waals surface area contributed by atoms with Gasteiger partial charge in [-0.1, -0.05) is 0 Å². The third-order valence-corrected chi connectivity index (χ3v) is 3.01. The molecule has 6 heteroatoms. The molecule has 2 heterocycles. The molecule has 0 amide bonds. The van der Waals surface area contributed by atoms with Crippen molar-refractivity contribution < 1.29 is 15.4 Å². The van der Waals surface area contributed by atoms with Crippen LogP contribution in [0.4, 0.5) is 5.82 Å². The van der Waals surface area contributed by atoms with E-state index in [1.165, 1.54) is 11.3 Å². The molecule has 16 heavy (non-hydrogen) atoms. The number of carboxylic acids is 1. The first kappa shape index (κ1) is 12.2. The Labute approximate surface area is 95.5 Å². The summed E-state index contributed by atoms with van der Waals surface area (Å²) >= 11 is 1.22. The molecule has 2 rings (SSSR count). The van der Waals surface area contributed by atoms with E-state index < -0.39 is 5.97 Å². The number of thiophene rings is 1. The number of anilines is 1. The summed E-state index contributed by atoms with van der Waals surface area (Å²) in [6.45, 7) is 0. The van der Waals surface area contributed by atoms with Crippen molar-refractivity contribution in [3.8, 4) is 10.4 Å². The molecule has 0 bridgehead atoms. The Hall–Kier alpha value is -1.92. The van der Waals surface area contributed by atoms with E-state index in [2.05, 4.69) is 4.98 Å². The van der Waals surface area contributed by atoms with E-state index in [4.69, 9.17) is 10.8 Å². The Bertz CT molecular complexity index is 493. The number of aromatic nitrogens is 1. The smallest absolute Gasteiger partial charge is 0.345 e. The van der Waals surface area contributed by atoms with E-state index in [1.807, 2.05) is 6.07 Å². The molecule has 0 aromatic carbocycles. The first-order chi connectivity index (χ1) is 7.16. The number of pyridine rings is 1. The lowest BCUT2D eigenvalue weighted by molar-refractivity contribution is 0.0702. The molecule has 0 saturated heterocycles. The predicted molar refractivity (Wildman–Crippen MR) is 62.5 cm³/mol. The van der Waals surface area contributed by atoms with Crippen LogP contribution in [-0.4, -0.2) is 21.5 Å². The van der Waals surface area contributed by atoms with Gasteiger partial charge in [0.25, 0.3) is 0 Å². The number of nitrogens with zero attached hydrogens (tertiary/aromatic N) is 1. The van der Waals surface area contributed by atoms with Crippen LogP contribution < -0.4 is 5.73 Å². The molecule has 5 N–H and O–H groups in total. The number of carboxylic acid groups (broad SMARTS) is 1. The second-order valence-electron chi connectivity index (χ2n) is 2.94. The minimum Gasteiger partial charge on any atom is -0.477 e. The fourth-order valence-electron chi connectivity index (χ4n) is 1.16. The SMILES string of the molecule is Nc1ccc(-c2ccc(C(=O)O)s2)cn1.O. The quantitative estimate of drug-likeness (QED) is 0.821. The summed E-state index contributed by atoms with van der Waals surface area (Å²) in [5.74, 6) is -0.455. The third kappa shape index (κ3) is 2.36. The summed E-state index contributed by atoms with van der Waals surface area (Å²) in [5, 5.41) is 8.76. The highest BCUT2D eigenvalue weighted by Gasteiger charge is 2.08. The maximum atomic E-state index is 10.7. The van der Waals surface area contributed by atoms with E-state index >= 15 is 0 Å². The number of rotatable bonds is 2. The Kier molecular flexibility index (Phi) is 3.60. The van der Waals surface area contributed by atoms with Crippen molar-refractivity contribution in [3.63, 3.8) is 0 Å². The lowest BCUT2D eigenvalue weighted by Gasteiger charge is -1.96. The zero-order valence-electron chi connectivity index (χ0n) is 8.18. The van der Waals surface area contributed by atoms with Crippen LogP contribution in [0, 0.1) is 0 Å². The van der Waals surface area contributed by atoms with Gasteiger partial charge in [0, 0.05) is 16.6 Å². The molecule has 0 aliphatic heterocycles. The standard InChI is InChI=1S/C10H8N2O2S.H2O/c11-9-4-1-6(5-12-9)7-2-3-8(15-7)10(13)14;/h1-5H,(H2,11,12)(H,13,14);1H2. The van der Waals surface area contributed by atoms with Crippen LogP contribution in [0.25, 0.3) is 10.4 Å². The van der Waals surface area contributed by atoms with Crippen LogP contribution in [0.15, 0.2) is 30.5 Å². The molecule has 0 radical (unpaired) electrons. The van der Waals surface area contributed by atoms with Crippen molar-refractivity contribution in [1.82, 2.24) is 4.98 Å². The summed E-state index contributed by atoms with van der Waals surface area (Å²) < 4.78 is 0. The topological polar surface area (TPSA) is 108 Å². The second-order valence-corrected chi connectivity index (χ2v) is 4.02. The van der Waals surface area contributed by atoms with Gasteiger partial charge in [0.1, 0.15) is 10.7 Å². The van der Waals surface area contributed by atoms with Gasteiger partial charge in [0.15, 0.2) is 0 Å². The van der Waals surface area contributed by atoms with Gasteiger partial charge < -0.3 is 16.3 Å². The number of nitrogen functional groups attached to an aromatic ring is 1. The van der Waals surface area contributed by atoms with Gasteiger partial charge in [-0.2, -0.15) is 0 Å². The van der Waals surface area contributed by atoms with Gasteiger partial charge >= 0.3 is 5.97 Å². The van der Waals surface area contributed by atoms with Crippen LogP contribution in [0.5, 0.6) is 0 Å². The number of aromatic carboxylic acids is 1. The Morgan fingerprint density at radius 3 is 2.56 bits per heavy atom. The van der Waals surface area contributed by atoms with Crippen molar-refractivity contribution in [1.29, 1.82) is 0 Å². The average molecular weight is 238 g/mol. The molecule has 0 aliphatic rings. The van der Waals surface area contributed by atoms with Crippen LogP contribution in [0.3, 0.4) is 0 Å². The molecule has 0 fully saturated rings. The molecule has 0 aliphatic carbocycles. The predicted octanol–water partition coefficient (Wildman–Crippen LogP) is 1.27. The summed E-state index contributed by atoms with van der Waals surface area (Å²) in [6, 6.07) is 6.86. The van der Waals surface area contributed by atoms with Gasteiger partial charge in [-0.3, -0.25) is 0 Å². The highest BCUT2D eigenvalue weighted by atomic mass is 32.1. The number of hydrogen-bond donors (Lipinski definition) is 2. The summed E-state index contributed by atoms with van der Waals surface area (Å²) in [4.78, 5) is 15.8.